The van der Waals surface area contributed by atoms with Gasteiger partial charge in [-0.25, -0.2) is 9.59 Å². The number of ether oxygens (including phenoxy) is 1. The summed E-state index contributed by atoms with van der Waals surface area (Å²) in [7, 11) is 1.58. The molecule has 3 atom stereocenters. The molecule has 0 bridgehead atoms. The third-order valence-corrected chi connectivity index (χ3v) is 9.55. The van der Waals surface area contributed by atoms with Gasteiger partial charge < -0.3 is 46.9 Å². The molecule has 59 heavy (non-hydrogen) atoms. The number of aryl methyl sites for hydroxylation is 1. The molecule has 0 unspecified atom stereocenters. The third-order valence-electron chi connectivity index (χ3n) is 9.55. The molecule has 7 amide bonds. The lowest BCUT2D eigenvalue weighted by Crippen LogP contribution is -2.55. The van der Waals surface area contributed by atoms with Crippen molar-refractivity contribution in [3.05, 3.63) is 102 Å². The van der Waals surface area contributed by atoms with Gasteiger partial charge in [0.05, 0.1) is 0 Å². The molecule has 4 rings (SSSR count). The molecule has 316 valence electrons. The topological polar surface area (TPSA) is 217 Å². The minimum absolute atomic E-state index is 0.0238. The monoisotopic (exact) mass is 810 g/mol. The first kappa shape index (κ1) is 45.3. The molecule has 0 aliphatic heterocycles. The number of hydrogen-bond donors (Lipinski definition) is 7. The summed E-state index contributed by atoms with van der Waals surface area (Å²) in [5, 5.41) is 14.8. The van der Waals surface area contributed by atoms with Crippen molar-refractivity contribution in [2.75, 3.05) is 25.5 Å². The average molecular weight is 811 g/mol. The van der Waals surface area contributed by atoms with Crippen molar-refractivity contribution < 1.29 is 33.5 Å². The summed E-state index contributed by atoms with van der Waals surface area (Å²) in [5.74, 6) is -2.02. The zero-order valence-electron chi connectivity index (χ0n) is 34.6. The maximum atomic E-state index is 14.1. The summed E-state index contributed by atoms with van der Waals surface area (Å²) < 4.78 is 5.49. The van der Waals surface area contributed by atoms with Gasteiger partial charge in [0, 0.05) is 62.2 Å². The van der Waals surface area contributed by atoms with Crippen molar-refractivity contribution in [1.82, 2.24) is 31.2 Å². The number of nitrogens with two attached hydrogens (primary N) is 1. The Morgan fingerprint density at radius 2 is 1.49 bits per heavy atom. The molecule has 0 fully saturated rings. The van der Waals surface area contributed by atoms with E-state index < -0.39 is 47.5 Å². The Hall–Kier alpha value is -6.38. The Kier molecular flexibility index (Phi) is 16.9. The Labute approximate surface area is 345 Å². The van der Waals surface area contributed by atoms with Crippen LogP contribution in [0, 0.1) is 6.92 Å². The van der Waals surface area contributed by atoms with Gasteiger partial charge in [-0.2, -0.15) is 0 Å². The van der Waals surface area contributed by atoms with Crippen LogP contribution >= 0.6 is 0 Å². The number of hydrogen-bond acceptors (Lipinski definition) is 7. The van der Waals surface area contributed by atoms with Crippen LogP contribution in [-0.4, -0.2) is 89.5 Å². The van der Waals surface area contributed by atoms with Crippen LogP contribution in [0.5, 0.6) is 0 Å². The molecule has 0 aliphatic rings. The minimum Gasteiger partial charge on any atom is -0.444 e. The van der Waals surface area contributed by atoms with Gasteiger partial charge in [0.2, 0.25) is 23.6 Å². The average Bonchev–Trinajstić information content (AvgIpc) is 3.59. The smallest absolute Gasteiger partial charge is 0.408 e. The lowest BCUT2D eigenvalue weighted by molar-refractivity contribution is -0.136. The molecule has 0 saturated carbocycles. The van der Waals surface area contributed by atoms with Crippen LogP contribution in [0.1, 0.15) is 69.6 Å². The molecular weight excluding hydrogens is 753 g/mol. The van der Waals surface area contributed by atoms with Gasteiger partial charge in [-0.05, 0) is 82.2 Å². The van der Waals surface area contributed by atoms with Crippen molar-refractivity contribution in [3.8, 4) is 0 Å². The van der Waals surface area contributed by atoms with Gasteiger partial charge in [0.15, 0.2) is 0 Å². The number of rotatable bonds is 20. The number of carbonyl (C=O) groups excluding carboxylic acids is 6. The molecule has 0 spiro atoms. The molecule has 0 saturated heterocycles. The van der Waals surface area contributed by atoms with Crippen molar-refractivity contribution >= 4 is 52.3 Å². The zero-order chi connectivity index (χ0) is 43.0. The summed E-state index contributed by atoms with van der Waals surface area (Å²) in [5.41, 5.74) is 8.87. The van der Waals surface area contributed by atoms with E-state index in [0.29, 0.717) is 25.1 Å². The number of anilines is 1. The Morgan fingerprint density at radius 3 is 2.20 bits per heavy atom. The van der Waals surface area contributed by atoms with Gasteiger partial charge in [-0.3, -0.25) is 19.2 Å². The molecular formula is C44H58N8O7. The molecule has 1 heterocycles. The van der Waals surface area contributed by atoms with Crippen LogP contribution in [0.25, 0.3) is 10.9 Å². The van der Waals surface area contributed by atoms with E-state index in [9.17, 15) is 28.8 Å². The molecule has 1 aromatic heterocycles. The number of amides is 7. The van der Waals surface area contributed by atoms with Crippen LogP contribution in [0.4, 0.5) is 15.3 Å². The van der Waals surface area contributed by atoms with Crippen LogP contribution in [0.3, 0.4) is 0 Å². The predicted molar refractivity (Wildman–Crippen MR) is 227 cm³/mol. The molecule has 3 aromatic carbocycles. The maximum absolute atomic E-state index is 14.1. The number of para-hydroxylation sites is 2. The summed E-state index contributed by atoms with van der Waals surface area (Å²) in [6.45, 7) is 7.55. The summed E-state index contributed by atoms with van der Waals surface area (Å²) >= 11 is 0. The SMILES string of the molecule is Cc1ccccc1NC(=O)NCCCC[C@H](NC(=O)[C@H](Cc1c[nH]c2ccccc12)NC(=O)OC(C)(C)C)C(=O)N(C)CCCC(=O)N[C@@H](Cc1ccccc1)C(N)=O. The van der Waals surface area contributed by atoms with E-state index in [1.54, 1.807) is 34.0 Å². The highest BCUT2D eigenvalue weighted by atomic mass is 16.6. The highest BCUT2D eigenvalue weighted by Crippen LogP contribution is 2.20. The first-order chi connectivity index (χ1) is 28.1. The molecule has 0 aliphatic carbocycles. The second-order valence-electron chi connectivity index (χ2n) is 15.6. The van der Waals surface area contributed by atoms with E-state index in [0.717, 1.165) is 27.6 Å². The summed E-state index contributed by atoms with van der Waals surface area (Å²) in [6, 6.07) is 20.9. The van der Waals surface area contributed by atoms with E-state index in [4.69, 9.17) is 10.5 Å². The fraction of sp³-hybridized carbons (Fsp3) is 0.409. The van der Waals surface area contributed by atoms with E-state index in [-0.39, 0.29) is 50.6 Å². The van der Waals surface area contributed by atoms with Gasteiger partial charge in [0.1, 0.15) is 23.7 Å². The third kappa shape index (κ3) is 15.1. The number of primary amides is 1. The first-order valence-electron chi connectivity index (χ1n) is 19.9. The maximum Gasteiger partial charge on any atom is 0.408 e. The second-order valence-corrected chi connectivity index (χ2v) is 15.6. The largest absolute Gasteiger partial charge is 0.444 e. The number of H-pyrrole nitrogens is 1. The molecule has 0 radical (unpaired) electrons. The van der Waals surface area contributed by atoms with Crippen molar-refractivity contribution in [2.24, 2.45) is 5.73 Å². The molecule has 15 nitrogen and oxygen atoms in total. The van der Waals surface area contributed by atoms with Crippen LogP contribution in [0.15, 0.2) is 85.1 Å². The van der Waals surface area contributed by atoms with E-state index in [1.807, 2.05) is 85.8 Å². The lowest BCUT2D eigenvalue weighted by atomic mass is 10.0. The Morgan fingerprint density at radius 1 is 0.797 bits per heavy atom. The number of likely N-dealkylation sites (N-methyl/N-ethyl adjacent to an activating group) is 1. The normalized spacial score (nSPS) is 12.7. The molecule has 15 heteroatoms. The number of aromatic nitrogens is 1. The van der Waals surface area contributed by atoms with Crippen LogP contribution < -0.4 is 32.3 Å². The van der Waals surface area contributed by atoms with E-state index in [1.165, 1.54) is 4.90 Å². The quantitative estimate of drug-likeness (QED) is 0.0616. The van der Waals surface area contributed by atoms with Crippen LogP contribution in [-0.2, 0) is 36.8 Å². The number of unbranched alkanes of at least 4 members (excludes halogenated alkanes) is 1. The van der Waals surface area contributed by atoms with Crippen molar-refractivity contribution in [2.45, 2.75) is 96.4 Å². The van der Waals surface area contributed by atoms with Crippen LogP contribution in [0.2, 0.25) is 0 Å². The summed E-state index contributed by atoms with van der Waals surface area (Å²) in [4.78, 5) is 83.2. The Balaban J connectivity index is 1.42. The highest BCUT2D eigenvalue weighted by molar-refractivity contribution is 5.93. The fourth-order valence-corrected chi connectivity index (χ4v) is 6.46. The number of alkyl carbamates (subject to hydrolysis) is 1. The number of aromatic amines is 1. The standard InChI is InChI=1S/C44H58N8O7/c1-29-16-9-11-20-33(29)50-42(57)46-24-14-13-22-35(41(56)52(5)25-15-23-38(53)48-36(39(45)54)26-30-17-7-6-8-18-30)49-40(55)37(51-43(58)59-44(2,3)4)27-31-28-47-34-21-12-10-19-32(31)34/h6-12,16-21,28,35-37,47H,13-15,22-27H2,1-5H3,(H2,45,54)(H,48,53)(H,49,55)(H,51,58)(H2,46,50,57)/t35-,36-,37-/m0/s1. The second kappa shape index (κ2) is 22.0. The number of urea groups is 1. The van der Waals surface area contributed by atoms with E-state index >= 15 is 0 Å². The molecule has 8 N–H and O–H groups in total. The zero-order valence-corrected chi connectivity index (χ0v) is 34.6. The fourth-order valence-electron chi connectivity index (χ4n) is 6.46. The lowest BCUT2D eigenvalue weighted by Gasteiger charge is -2.27. The number of fused-ring (bicyclic) bond motifs is 1. The number of carbonyl (C=O) groups is 6. The van der Waals surface area contributed by atoms with Crippen molar-refractivity contribution in [3.63, 3.8) is 0 Å². The Bertz CT molecular complexity index is 2050. The number of nitrogens with one attached hydrogen (secondary N) is 6. The van der Waals surface area contributed by atoms with E-state index in [2.05, 4.69) is 31.6 Å². The minimum atomic E-state index is -1.10. The van der Waals surface area contributed by atoms with Gasteiger partial charge in [0.25, 0.3) is 0 Å². The number of benzene rings is 3. The van der Waals surface area contributed by atoms with Gasteiger partial charge >= 0.3 is 12.1 Å². The summed E-state index contributed by atoms with van der Waals surface area (Å²) in [6.07, 6.45) is 2.84. The molecule has 4 aromatic rings. The first-order valence-corrected chi connectivity index (χ1v) is 19.9. The van der Waals surface area contributed by atoms with Gasteiger partial charge in [-0.15, -0.1) is 0 Å². The van der Waals surface area contributed by atoms with Gasteiger partial charge in [-0.1, -0.05) is 66.7 Å². The van der Waals surface area contributed by atoms with Crippen molar-refractivity contribution in [1.29, 1.82) is 0 Å². The highest BCUT2D eigenvalue weighted by Gasteiger charge is 2.30. The predicted octanol–water partition coefficient (Wildman–Crippen LogP) is 4.84. The number of nitrogens with zero attached hydrogens (tertiary/aromatic N) is 1.